The predicted octanol–water partition coefficient (Wildman–Crippen LogP) is 2.20. The van der Waals surface area contributed by atoms with Crippen molar-refractivity contribution in [1.29, 1.82) is 0 Å². The molecule has 1 fully saturated rings. The zero-order valence-corrected chi connectivity index (χ0v) is 10.7. The molecule has 1 N–H and O–H groups in total. The Bertz CT molecular complexity index is 526. The van der Waals surface area contributed by atoms with Gasteiger partial charge in [-0.1, -0.05) is 17.3 Å². The van der Waals surface area contributed by atoms with Crippen molar-refractivity contribution >= 4 is 12.4 Å². The van der Waals surface area contributed by atoms with E-state index in [4.69, 9.17) is 9.26 Å². The summed E-state index contributed by atoms with van der Waals surface area (Å²) in [6.07, 6.45) is 1.06. The van der Waals surface area contributed by atoms with Crippen LogP contribution >= 0.6 is 12.4 Å². The number of nitrogens with one attached hydrogen (secondary N) is 1. The van der Waals surface area contributed by atoms with E-state index in [0.29, 0.717) is 11.7 Å². The average molecular weight is 268 g/mol. The standard InChI is InChI=1S/C12H13N3O2.ClH/c1-16-9-4-2-3-8(7-9)11-14-12(17-15-11)10-5-6-13-10;/h2-4,7,10,13H,5-6H2,1H3;1H/t10-;/m1./s1. The lowest BCUT2D eigenvalue weighted by atomic mass is 10.1. The summed E-state index contributed by atoms with van der Waals surface area (Å²) < 4.78 is 10.4. The third-order valence-electron chi connectivity index (χ3n) is 2.89. The first-order valence-electron chi connectivity index (χ1n) is 5.58. The number of hydrogen-bond donors (Lipinski definition) is 1. The zero-order chi connectivity index (χ0) is 11.7. The zero-order valence-electron chi connectivity index (χ0n) is 9.92. The van der Waals surface area contributed by atoms with Crippen molar-refractivity contribution in [3.63, 3.8) is 0 Å². The van der Waals surface area contributed by atoms with E-state index in [-0.39, 0.29) is 18.4 Å². The molecule has 0 unspecified atom stereocenters. The Morgan fingerprint density at radius 3 is 2.94 bits per heavy atom. The lowest BCUT2D eigenvalue weighted by Crippen LogP contribution is -2.35. The molecule has 0 radical (unpaired) electrons. The van der Waals surface area contributed by atoms with Gasteiger partial charge in [-0.25, -0.2) is 0 Å². The second kappa shape index (κ2) is 5.37. The van der Waals surface area contributed by atoms with Gasteiger partial charge in [0.1, 0.15) is 5.75 Å². The molecule has 1 saturated heterocycles. The van der Waals surface area contributed by atoms with Gasteiger partial charge in [0.2, 0.25) is 11.7 Å². The van der Waals surface area contributed by atoms with Gasteiger partial charge in [0.05, 0.1) is 13.2 Å². The van der Waals surface area contributed by atoms with E-state index in [1.54, 1.807) is 7.11 Å². The Kier molecular flexibility index (Phi) is 3.84. The first kappa shape index (κ1) is 12.9. The van der Waals surface area contributed by atoms with Crippen molar-refractivity contribution in [2.75, 3.05) is 13.7 Å². The van der Waals surface area contributed by atoms with Crippen molar-refractivity contribution in [2.24, 2.45) is 0 Å². The molecule has 3 rings (SSSR count). The van der Waals surface area contributed by atoms with E-state index >= 15 is 0 Å². The summed E-state index contributed by atoms with van der Waals surface area (Å²) in [4.78, 5) is 4.38. The van der Waals surface area contributed by atoms with Gasteiger partial charge in [0, 0.05) is 5.56 Å². The lowest BCUT2D eigenvalue weighted by molar-refractivity contribution is 0.273. The van der Waals surface area contributed by atoms with Gasteiger partial charge in [0.15, 0.2) is 0 Å². The maximum atomic E-state index is 5.23. The number of halogens is 1. The van der Waals surface area contributed by atoms with Gasteiger partial charge in [-0.3, -0.25) is 0 Å². The fourth-order valence-corrected chi connectivity index (χ4v) is 1.76. The van der Waals surface area contributed by atoms with E-state index in [1.165, 1.54) is 0 Å². The number of methoxy groups -OCH3 is 1. The lowest BCUT2D eigenvalue weighted by Gasteiger charge is -2.23. The molecular weight excluding hydrogens is 254 g/mol. The topological polar surface area (TPSA) is 60.2 Å². The van der Waals surface area contributed by atoms with Crippen LogP contribution in [0.4, 0.5) is 0 Å². The summed E-state index contributed by atoms with van der Waals surface area (Å²) >= 11 is 0. The van der Waals surface area contributed by atoms with Crippen LogP contribution in [0.15, 0.2) is 28.8 Å². The minimum absolute atomic E-state index is 0. The summed E-state index contributed by atoms with van der Waals surface area (Å²) in [7, 11) is 1.64. The maximum Gasteiger partial charge on any atom is 0.244 e. The summed E-state index contributed by atoms with van der Waals surface area (Å²) in [6.45, 7) is 1.02. The molecular formula is C12H14ClN3O2. The highest BCUT2D eigenvalue weighted by Gasteiger charge is 2.24. The Balaban J connectivity index is 0.00000120. The number of aromatic nitrogens is 2. The number of ether oxygens (including phenoxy) is 1. The molecule has 96 valence electrons. The van der Waals surface area contributed by atoms with Crippen LogP contribution in [-0.4, -0.2) is 23.8 Å². The maximum absolute atomic E-state index is 5.23. The molecule has 0 aliphatic carbocycles. The van der Waals surface area contributed by atoms with Crippen molar-refractivity contribution in [1.82, 2.24) is 15.5 Å². The van der Waals surface area contributed by atoms with Crippen molar-refractivity contribution in [3.05, 3.63) is 30.2 Å². The van der Waals surface area contributed by atoms with Crippen LogP contribution in [0.1, 0.15) is 18.4 Å². The Morgan fingerprint density at radius 1 is 1.44 bits per heavy atom. The molecule has 1 aromatic carbocycles. The molecule has 1 aliphatic rings. The molecule has 1 aliphatic heterocycles. The van der Waals surface area contributed by atoms with Gasteiger partial charge in [-0.2, -0.15) is 4.98 Å². The highest BCUT2D eigenvalue weighted by Crippen LogP contribution is 2.25. The average Bonchev–Trinajstić information content (AvgIpc) is 2.76. The minimum Gasteiger partial charge on any atom is -0.497 e. The molecule has 0 amide bonds. The van der Waals surface area contributed by atoms with Crippen LogP contribution < -0.4 is 10.1 Å². The molecule has 0 spiro atoms. The molecule has 1 atom stereocenters. The quantitative estimate of drug-likeness (QED) is 0.924. The second-order valence-electron chi connectivity index (χ2n) is 3.98. The summed E-state index contributed by atoms with van der Waals surface area (Å²) in [5.74, 6) is 2.05. The third-order valence-corrected chi connectivity index (χ3v) is 2.89. The van der Waals surface area contributed by atoms with Gasteiger partial charge in [0.25, 0.3) is 0 Å². The van der Waals surface area contributed by atoms with Crippen LogP contribution in [0.2, 0.25) is 0 Å². The molecule has 0 saturated carbocycles. The molecule has 2 heterocycles. The molecule has 2 aromatic rings. The predicted molar refractivity (Wildman–Crippen MR) is 68.9 cm³/mol. The summed E-state index contributed by atoms with van der Waals surface area (Å²) in [5, 5.41) is 7.21. The third kappa shape index (κ3) is 2.32. The van der Waals surface area contributed by atoms with Crippen LogP contribution in [0.25, 0.3) is 11.4 Å². The van der Waals surface area contributed by atoms with Crippen molar-refractivity contribution in [2.45, 2.75) is 12.5 Å². The van der Waals surface area contributed by atoms with Crippen molar-refractivity contribution < 1.29 is 9.26 Å². The highest BCUT2D eigenvalue weighted by molar-refractivity contribution is 5.85. The van der Waals surface area contributed by atoms with Crippen LogP contribution in [-0.2, 0) is 0 Å². The SMILES string of the molecule is COc1cccc(-c2noc([C@H]3CCN3)n2)c1.Cl. The first-order chi connectivity index (χ1) is 8.36. The fraction of sp³-hybridized carbons (Fsp3) is 0.333. The molecule has 1 aromatic heterocycles. The highest BCUT2D eigenvalue weighted by atomic mass is 35.5. The smallest absolute Gasteiger partial charge is 0.244 e. The van der Waals surface area contributed by atoms with Crippen LogP contribution in [0.3, 0.4) is 0 Å². The fourth-order valence-electron chi connectivity index (χ4n) is 1.76. The first-order valence-corrected chi connectivity index (χ1v) is 5.58. The second-order valence-corrected chi connectivity index (χ2v) is 3.98. The Labute approximate surface area is 111 Å². The molecule has 0 bridgehead atoms. The van der Waals surface area contributed by atoms with E-state index < -0.39 is 0 Å². The Morgan fingerprint density at radius 2 is 2.28 bits per heavy atom. The van der Waals surface area contributed by atoms with Crippen molar-refractivity contribution in [3.8, 4) is 17.1 Å². The number of hydrogen-bond acceptors (Lipinski definition) is 5. The number of benzene rings is 1. The van der Waals surface area contributed by atoms with Gasteiger partial charge in [-0.15, -0.1) is 12.4 Å². The minimum atomic E-state index is 0. The molecule has 6 heteroatoms. The van der Waals surface area contributed by atoms with Crippen LogP contribution in [0.5, 0.6) is 5.75 Å². The van der Waals surface area contributed by atoms with Gasteiger partial charge < -0.3 is 14.6 Å². The van der Waals surface area contributed by atoms with E-state index in [9.17, 15) is 0 Å². The summed E-state index contributed by atoms with van der Waals surface area (Å²) in [5.41, 5.74) is 0.902. The van der Waals surface area contributed by atoms with Gasteiger partial charge in [-0.05, 0) is 25.1 Å². The Hall–Kier alpha value is -1.59. The normalized spacial score (nSPS) is 17.7. The number of nitrogens with zero attached hydrogens (tertiary/aromatic N) is 2. The van der Waals surface area contributed by atoms with Crippen LogP contribution in [0, 0.1) is 0 Å². The molecule has 18 heavy (non-hydrogen) atoms. The van der Waals surface area contributed by atoms with Gasteiger partial charge >= 0.3 is 0 Å². The molecule has 5 nitrogen and oxygen atoms in total. The number of rotatable bonds is 3. The largest absolute Gasteiger partial charge is 0.497 e. The van der Waals surface area contributed by atoms with E-state index in [0.717, 1.165) is 24.3 Å². The monoisotopic (exact) mass is 267 g/mol. The van der Waals surface area contributed by atoms with E-state index in [2.05, 4.69) is 15.5 Å². The summed E-state index contributed by atoms with van der Waals surface area (Å²) in [6, 6.07) is 7.85. The van der Waals surface area contributed by atoms with E-state index in [1.807, 2.05) is 24.3 Å².